The molecule has 0 bridgehead atoms. The van der Waals surface area contributed by atoms with Crippen LogP contribution in [0, 0.1) is 0 Å². The van der Waals surface area contributed by atoms with Crippen LogP contribution in [0.5, 0.6) is 0 Å². The van der Waals surface area contributed by atoms with Crippen LogP contribution in [-0.2, 0) is 52.7 Å². The molecule has 30 heteroatoms. The lowest BCUT2D eigenvalue weighted by molar-refractivity contribution is -0.141. The molecule has 0 radical (unpaired) electrons. The Bertz CT molecular complexity index is 1620. The summed E-state index contributed by atoms with van der Waals surface area (Å²) in [6.07, 6.45) is 1.42. The van der Waals surface area contributed by atoms with Gasteiger partial charge in [0.2, 0.25) is 59.1 Å². The van der Waals surface area contributed by atoms with Gasteiger partial charge < -0.3 is 63.6 Å². The van der Waals surface area contributed by atoms with Crippen molar-refractivity contribution in [3.05, 3.63) is 0 Å². The number of thiol groups is 7. The molecule has 0 aromatic carbocycles. The summed E-state index contributed by atoms with van der Waals surface area (Å²) in [4.78, 5) is 138. The summed E-state index contributed by atoms with van der Waals surface area (Å²) in [7, 11) is 0. The van der Waals surface area contributed by atoms with Gasteiger partial charge in [0.05, 0.1) is 25.7 Å². The number of nitrogens with one attached hydrogen (secondary N) is 11. The molecular weight excluding hydrogens is 955 g/mol. The van der Waals surface area contributed by atoms with Crippen LogP contribution >= 0.6 is 88.4 Å². The fraction of sp³-hybridized carbons (Fsp3) is 0.656. The van der Waals surface area contributed by atoms with E-state index < -0.39 is 127 Å². The molecule has 8 atom stereocenters. The Morgan fingerprint density at radius 1 is 0.435 bits per heavy atom. The predicted octanol–water partition coefficient (Wildman–Crippen LogP) is -6.93. The van der Waals surface area contributed by atoms with E-state index in [2.05, 4.69) is 147 Å². The standard InChI is InChI=1S/C32H53N11O12S7/c44-22(37-15(7-56)25(47)34-5-23(45)39-19(11-60)30(52)43-21(13-62)32(54)55)4-35-26(48)16(8-57)40-29(51)18(10-59)38-24(46)6-36-27(49)17(9-58)41-31(53)20(12-61)42-28(50)14-2-1-3-33-14/h14-21,33,56-62H,1-13H2,(H,34,47)(H,35,48)(H,36,49)(H,37,44)(H,38,46)(H,39,45)(H,40,51)(H,41,53)(H,42,50)(H,43,52)(H,54,55)/t14-,15-,16-,17-,18-,19-,20-,21-/m0/s1. The Kier molecular flexibility index (Phi) is 28.0. The molecule has 0 aliphatic carbocycles. The van der Waals surface area contributed by atoms with Crippen molar-refractivity contribution < 1.29 is 57.8 Å². The first-order valence-electron chi connectivity index (χ1n) is 18.5. The average molecular weight is 1010 g/mol. The zero-order valence-electron chi connectivity index (χ0n) is 32.9. The largest absolute Gasteiger partial charge is 0.480 e. The molecule has 1 saturated heterocycles. The highest BCUT2D eigenvalue weighted by molar-refractivity contribution is 7.81. The number of hydrogen-bond acceptors (Lipinski definition) is 19. The maximum Gasteiger partial charge on any atom is 0.327 e. The number of aliphatic carboxylic acids is 1. The van der Waals surface area contributed by atoms with E-state index in [1.807, 2.05) is 0 Å². The highest BCUT2D eigenvalue weighted by atomic mass is 32.1. The van der Waals surface area contributed by atoms with Crippen LogP contribution in [0.3, 0.4) is 0 Å². The number of rotatable bonds is 28. The van der Waals surface area contributed by atoms with Gasteiger partial charge in [0.15, 0.2) is 0 Å². The lowest BCUT2D eigenvalue weighted by atomic mass is 10.2. The van der Waals surface area contributed by atoms with Crippen molar-refractivity contribution in [1.29, 1.82) is 0 Å². The van der Waals surface area contributed by atoms with E-state index in [0.717, 1.165) is 6.42 Å². The molecule has 0 spiro atoms. The molecule has 12 N–H and O–H groups in total. The van der Waals surface area contributed by atoms with E-state index in [1.54, 1.807) is 0 Å². The van der Waals surface area contributed by atoms with E-state index in [4.69, 9.17) is 5.11 Å². The van der Waals surface area contributed by atoms with Gasteiger partial charge in [0, 0.05) is 40.3 Å². The van der Waals surface area contributed by atoms with Crippen molar-refractivity contribution in [1.82, 2.24) is 58.5 Å². The third kappa shape index (κ3) is 20.4. The first-order valence-corrected chi connectivity index (χ1v) is 23.0. The Morgan fingerprint density at radius 3 is 1.02 bits per heavy atom. The molecule has 0 saturated carbocycles. The van der Waals surface area contributed by atoms with Crippen molar-refractivity contribution in [2.24, 2.45) is 0 Å². The first-order chi connectivity index (χ1) is 29.4. The van der Waals surface area contributed by atoms with Gasteiger partial charge in [-0.2, -0.15) is 88.4 Å². The van der Waals surface area contributed by atoms with Crippen LogP contribution in [0.4, 0.5) is 0 Å². The van der Waals surface area contributed by atoms with Crippen molar-refractivity contribution in [2.75, 3.05) is 66.4 Å². The summed E-state index contributed by atoms with van der Waals surface area (Å²) in [5.41, 5.74) is 0. The van der Waals surface area contributed by atoms with Gasteiger partial charge in [-0.05, 0) is 19.4 Å². The maximum atomic E-state index is 13.0. The van der Waals surface area contributed by atoms with E-state index in [1.165, 1.54) is 0 Å². The van der Waals surface area contributed by atoms with Gasteiger partial charge in [0.25, 0.3) is 0 Å². The summed E-state index contributed by atoms with van der Waals surface area (Å²) >= 11 is 28.2. The Hall–Kier alpha value is -3.42. The lowest BCUT2D eigenvalue weighted by Gasteiger charge is -2.23. The van der Waals surface area contributed by atoms with Crippen molar-refractivity contribution in [3.8, 4) is 0 Å². The normalized spacial score (nSPS) is 16.5. The zero-order valence-corrected chi connectivity index (χ0v) is 39.1. The number of carbonyl (C=O) groups excluding carboxylic acids is 10. The van der Waals surface area contributed by atoms with Crippen molar-refractivity contribution >= 4 is 153 Å². The van der Waals surface area contributed by atoms with Crippen LogP contribution in [0.25, 0.3) is 0 Å². The number of carboxylic acids is 1. The second kappa shape index (κ2) is 30.6. The van der Waals surface area contributed by atoms with Crippen LogP contribution in [0.1, 0.15) is 12.8 Å². The molecule has 1 fully saturated rings. The molecule has 10 amide bonds. The fourth-order valence-corrected chi connectivity index (χ4v) is 6.75. The van der Waals surface area contributed by atoms with E-state index in [9.17, 15) is 52.7 Å². The van der Waals surface area contributed by atoms with E-state index in [0.29, 0.717) is 13.0 Å². The third-order valence-corrected chi connectivity index (χ3v) is 10.9. The molecule has 0 aromatic heterocycles. The van der Waals surface area contributed by atoms with Gasteiger partial charge in [-0.15, -0.1) is 0 Å². The summed E-state index contributed by atoms with van der Waals surface area (Å²) in [6, 6.07) is -9.19. The number of hydrogen-bond donors (Lipinski definition) is 19. The molecule has 23 nitrogen and oxygen atoms in total. The van der Waals surface area contributed by atoms with Crippen molar-refractivity contribution in [2.45, 2.75) is 61.2 Å². The Balaban J connectivity index is 2.61. The van der Waals surface area contributed by atoms with Gasteiger partial charge >= 0.3 is 5.97 Å². The quantitative estimate of drug-likeness (QED) is 0.0325. The highest BCUT2D eigenvalue weighted by Gasteiger charge is 2.31. The molecule has 1 aliphatic rings. The fourth-order valence-electron chi connectivity index (χ4n) is 4.96. The summed E-state index contributed by atoms with van der Waals surface area (Å²) < 4.78 is 0. The molecule has 0 aromatic rings. The predicted molar refractivity (Wildman–Crippen MR) is 248 cm³/mol. The van der Waals surface area contributed by atoms with Crippen LogP contribution in [-0.4, -0.2) is 185 Å². The Labute approximate surface area is 395 Å². The van der Waals surface area contributed by atoms with Gasteiger partial charge in [-0.25, -0.2) is 4.79 Å². The summed E-state index contributed by atoms with van der Waals surface area (Å²) in [6.45, 7) is -1.29. The second-order valence-electron chi connectivity index (χ2n) is 13.0. The SMILES string of the molecule is O=C(CNC(=O)[C@H](CS)NC(=O)[C@H](CS)NC(=O)CNC(=O)[C@H](CS)NC(=O)[C@H](CS)NC(=O)[C@@H]1CCCN1)N[C@@H](CS)C(=O)NCC(=O)N[C@@H](CS)C(=O)N[C@@H](CS)C(=O)O. The van der Waals surface area contributed by atoms with Gasteiger partial charge in [-0.3, -0.25) is 47.9 Å². The minimum absolute atomic E-state index is 0.0584. The highest BCUT2D eigenvalue weighted by Crippen LogP contribution is 2.06. The third-order valence-electron chi connectivity index (χ3n) is 8.39. The van der Waals surface area contributed by atoms with Gasteiger partial charge in [-0.1, -0.05) is 0 Å². The molecule has 0 unspecified atom stereocenters. The lowest BCUT2D eigenvalue weighted by Crippen LogP contribution is -2.58. The number of carbonyl (C=O) groups is 11. The summed E-state index contributed by atoms with van der Waals surface area (Å²) in [5.74, 6) is -10.6. The second-order valence-corrected chi connectivity index (χ2v) is 15.6. The molecular formula is C32H53N11O12S7. The first kappa shape index (κ1) is 56.6. The zero-order chi connectivity index (χ0) is 46.9. The van der Waals surface area contributed by atoms with Crippen LogP contribution < -0.4 is 58.5 Å². The molecule has 1 rings (SSSR count). The average Bonchev–Trinajstić information content (AvgIpc) is 3.81. The number of amides is 10. The molecule has 62 heavy (non-hydrogen) atoms. The van der Waals surface area contributed by atoms with Crippen LogP contribution in [0.2, 0.25) is 0 Å². The van der Waals surface area contributed by atoms with E-state index in [-0.39, 0.29) is 46.2 Å². The topological polar surface area (TPSA) is 340 Å². The molecule has 350 valence electrons. The smallest absolute Gasteiger partial charge is 0.327 e. The van der Waals surface area contributed by atoms with Gasteiger partial charge in [0.1, 0.15) is 42.3 Å². The maximum absolute atomic E-state index is 13.0. The minimum Gasteiger partial charge on any atom is -0.480 e. The molecule has 1 heterocycles. The van der Waals surface area contributed by atoms with E-state index >= 15 is 0 Å². The minimum atomic E-state index is -1.34. The summed E-state index contributed by atoms with van der Waals surface area (Å²) in [5, 5.41) is 35.5. The van der Waals surface area contributed by atoms with Crippen molar-refractivity contribution in [3.63, 3.8) is 0 Å². The monoisotopic (exact) mass is 1010 g/mol. The number of carboxylic acid groups (broad SMARTS) is 1. The Morgan fingerprint density at radius 2 is 0.726 bits per heavy atom. The molecule has 1 aliphatic heterocycles. The van der Waals surface area contributed by atoms with Crippen LogP contribution in [0.15, 0.2) is 0 Å².